The first-order chi connectivity index (χ1) is 9.40. The maximum atomic E-state index is 11.9. The number of hydrogen-bond donors (Lipinski definition) is 0. The van der Waals surface area contributed by atoms with Crippen LogP contribution < -0.4 is 4.74 Å². The van der Waals surface area contributed by atoms with Crippen LogP contribution in [-0.2, 0) is 4.74 Å². The zero-order chi connectivity index (χ0) is 14.3. The first kappa shape index (κ1) is 13.5. The van der Waals surface area contributed by atoms with Gasteiger partial charge in [-0.3, -0.25) is 0 Å². The molecule has 3 rings (SSSR count). The molecule has 0 aliphatic heterocycles. The summed E-state index contributed by atoms with van der Waals surface area (Å²) in [6.07, 6.45) is 6.42. The molecule has 5 nitrogen and oxygen atoms in total. The Hall–Kier alpha value is -1.52. The summed E-state index contributed by atoms with van der Waals surface area (Å²) in [5.74, 6) is 2.03. The van der Waals surface area contributed by atoms with E-state index in [1.807, 2.05) is 20.8 Å². The third-order valence-corrected chi connectivity index (χ3v) is 4.09. The van der Waals surface area contributed by atoms with E-state index in [0.29, 0.717) is 11.8 Å². The zero-order valence-electron chi connectivity index (χ0n) is 12.3. The molecule has 1 aromatic rings. The highest BCUT2D eigenvalue weighted by Crippen LogP contribution is 2.45. The molecule has 2 aliphatic rings. The van der Waals surface area contributed by atoms with Crippen LogP contribution in [0.5, 0.6) is 5.88 Å². The summed E-state index contributed by atoms with van der Waals surface area (Å²) >= 11 is 0. The van der Waals surface area contributed by atoms with Crippen molar-refractivity contribution in [2.24, 2.45) is 11.8 Å². The highest BCUT2D eigenvalue weighted by molar-refractivity contribution is 5.69. The molecule has 1 aromatic heterocycles. The molecule has 2 aliphatic carbocycles. The molecule has 2 fully saturated rings. The van der Waals surface area contributed by atoms with Crippen molar-refractivity contribution < 1.29 is 14.3 Å². The minimum absolute atomic E-state index is 0.274. The first-order valence-corrected chi connectivity index (χ1v) is 7.36. The number of carbonyl (C=O) groups excluding carboxylic acids is 1. The number of nitrogens with zero attached hydrogens (tertiary/aromatic N) is 2. The normalized spacial score (nSPS) is 28.6. The maximum absolute atomic E-state index is 11.9. The van der Waals surface area contributed by atoms with Gasteiger partial charge in [0.1, 0.15) is 11.7 Å². The lowest BCUT2D eigenvalue weighted by molar-refractivity contribution is 0.0507. The van der Waals surface area contributed by atoms with Crippen molar-refractivity contribution in [2.75, 3.05) is 0 Å². The Balaban J connectivity index is 1.61. The lowest BCUT2D eigenvalue weighted by Gasteiger charge is -2.21. The van der Waals surface area contributed by atoms with Crippen LogP contribution in [0.2, 0.25) is 0 Å². The largest absolute Gasteiger partial charge is 0.473 e. The third kappa shape index (κ3) is 2.81. The van der Waals surface area contributed by atoms with Crippen LogP contribution >= 0.6 is 0 Å². The summed E-state index contributed by atoms with van der Waals surface area (Å²) in [5.41, 5.74) is -0.519. The first-order valence-electron chi connectivity index (χ1n) is 7.36. The fourth-order valence-corrected chi connectivity index (χ4v) is 3.27. The Kier molecular flexibility index (Phi) is 3.22. The second-order valence-electron chi connectivity index (χ2n) is 6.91. The smallest absolute Gasteiger partial charge is 0.435 e. The number of carbonyl (C=O) groups is 1. The van der Waals surface area contributed by atoms with E-state index in [1.54, 1.807) is 12.3 Å². The molecule has 110 valence electrons. The average Bonchev–Trinajstić information content (AvgIpc) is 3.01. The summed E-state index contributed by atoms with van der Waals surface area (Å²) in [6, 6.07) is 1.73. The summed E-state index contributed by atoms with van der Waals surface area (Å²) in [4.78, 5) is 11.9. The molecule has 5 heteroatoms. The minimum Gasteiger partial charge on any atom is -0.473 e. The van der Waals surface area contributed by atoms with E-state index >= 15 is 0 Å². The van der Waals surface area contributed by atoms with Crippen LogP contribution in [-0.4, -0.2) is 27.6 Å². The Morgan fingerprint density at radius 2 is 2.15 bits per heavy atom. The molecular weight excluding hydrogens is 256 g/mol. The number of rotatable bonds is 2. The van der Waals surface area contributed by atoms with Crippen molar-refractivity contribution in [1.82, 2.24) is 9.78 Å². The van der Waals surface area contributed by atoms with Gasteiger partial charge >= 0.3 is 6.09 Å². The minimum atomic E-state index is -0.519. The lowest BCUT2D eigenvalue weighted by atomic mass is 9.98. The molecule has 0 radical (unpaired) electrons. The zero-order valence-corrected chi connectivity index (χ0v) is 12.3. The molecule has 20 heavy (non-hydrogen) atoms. The van der Waals surface area contributed by atoms with Crippen molar-refractivity contribution in [2.45, 2.75) is 58.2 Å². The quantitative estimate of drug-likeness (QED) is 0.833. The van der Waals surface area contributed by atoms with Crippen LogP contribution in [0, 0.1) is 11.8 Å². The van der Waals surface area contributed by atoms with Gasteiger partial charge in [0.15, 0.2) is 0 Å². The van der Waals surface area contributed by atoms with E-state index in [9.17, 15) is 4.79 Å². The fourth-order valence-electron chi connectivity index (χ4n) is 3.27. The van der Waals surface area contributed by atoms with E-state index in [-0.39, 0.29) is 6.10 Å². The van der Waals surface area contributed by atoms with E-state index in [0.717, 1.165) is 12.3 Å². The van der Waals surface area contributed by atoms with Gasteiger partial charge in [0.05, 0.1) is 0 Å². The van der Waals surface area contributed by atoms with Gasteiger partial charge in [-0.2, -0.15) is 4.68 Å². The molecule has 1 heterocycles. The second kappa shape index (κ2) is 4.79. The Labute approximate surface area is 119 Å². The van der Waals surface area contributed by atoms with Crippen molar-refractivity contribution in [1.29, 1.82) is 0 Å². The Morgan fingerprint density at radius 3 is 2.75 bits per heavy atom. The number of hydrogen-bond acceptors (Lipinski definition) is 4. The van der Waals surface area contributed by atoms with Crippen LogP contribution in [0.25, 0.3) is 0 Å². The van der Waals surface area contributed by atoms with Crippen LogP contribution in [0.3, 0.4) is 0 Å². The highest BCUT2D eigenvalue weighted by Gasteiger charge is 2.41. The standard InChI is InChI=1S/C15H22N2O3/c1-15(2,3)20-14(18)17-7-6-13(16-17)19-12-9-10-4-5-11(12)8-10/h6-7,10-12H,4-5,8-9H2,1-3H3/t10?,11?,12-/m0/s1. The molecule has 0 saturated heterocycles. The Bertz CT molecular complexity index is 503. The molecule has 2 unspecified atom stereocenters. The maximum Gasteiger partial charge on any atom is 0.435 e. The number of ether oxygens (including phenoxy) is 2. The summed E-state index contributed by atoms with van der Waals surface area (Å²) in [5, 5.41) is 4.16. The van der Waals surface area contributed by atoms with Crippen LogP contribution in [0.1, 0.15) is 46.5 Å². The van der Waals surface area contributed by atoms with Gasteiger partial charge in [-0.15, -0.1) is 5.10 Å². The monoisotopic (exact) mass is 278 g/mol. The highest BCUT2D eigenvalue weighted by atomic mass is 16.6. The topological polar surface area (TPSA) is 53.4 Å². The van der Waals surface area contributed by atoms with Gasteiger partial charge in [-0.1, -0.05) is 0 Å². The van der Waals surface area contributed by atoms with Gasteiger partial charge in [0.25, 0.3) is 0 Å². The third-order valence-electron chi connectivity index (χ3n) is 4.09. The van der Waals surface area contributed by atoms with E-state index in [4.69, 9.17) is 9.47 Å². The van der Waals surface area contributed by atoms with Crippen LogP contribution in [0.15, 0.2) is 12.3 Å². The molecule has 0 spiro atoms. The van der Waals surface area contributed by atoms with Gasteiger partial charge in [-0.25, -0.2) is 4.79 Å². The lowest BCUT2D eigenvalue weighted by Crippen LogP contribution is -2.27. The molecule has 0 N–H and O–H groups in total. The van der Waals surface area contributed by atoms with Crippen molar-refractivity contribution in [3.05, 3.63) is 12.3 Å². The van der Waals surface area contributed by atoms with E-state index < -0.39 is 11.7 Å². The van der Waals surface area contributed by atoms with Crippen molar-refractivity contribution in [3.8, 4) is 5.88 Å². The van der Waals surface area contributed by atoms with Gasteiger partial charge in [-0.05, 0) is 58.3 Å². The molecular formula is C15H22N2O3. The van der Waals surface area contributed by atoms with E-state index in [1.165, 1.54) is 23.9 Å². The predicted molar refractivity (Wildman–Crippen MR) is 73.7 cm³/mol. The predicted octanol–water partition coefficient (Wildman–Crippen LogP) is 3.23. The number of fused-ring (bicyclic) bond motifs is 2. The van der Waals surface area contributed by atoms with Crippen LogP contribution in [0.4, 0.5) is 4.79 Å². The van der Waals surface area contributed by atoms with Gasteiger partial charge in [0.2, 0.25) is 5.88 Å². The molecule has 3 atom stereocenters. The van der Waals surface area contributed by atoms with Crippen molar-refractivity contribution >= 4 is 6.09 Å². The Morgan fingerprint density at radius 1 is 1.35 bits per heavy atom. The summed E-state index contributed by atoms with van der Waals surface area (Å²) in [7, 11) is 0. The molecule has 0 amide bonds. The number of aromatic nitrogens is 2. The summed E-state index contributed by atoms with van der Waals surface area (Å²) in [6.45, 7) is 5.50. The molecule has 2 bridgehead atoms. The van der Waals surface area contributed by atoms with Gasteiger partial charge in [0, 0.05) is 12.3 Å². The second-order valence-corrected chi connectivity index (χ2v) is 6.91. The van der Waals surface area contributed by atoms with E-state index in [2.05, 4.69) is 5.10 Å². The summed E-state index contributed by atoms with van der Waals surface area (Å²) < 4.78 is 12.4. The van der Waals surface area contributed by atoms with Gasteiger partial charge < -0.3 is 9.47 Å². The average molecular weight is 278 g/mol. The SMILES string of the molecule is CC(C)(C)OC(=O)n1ccc(O[C@H]2CC3CCC2C3)n1. The van der Waals surface area contributed by atoms with Crippen molar-refractivity contribution in [3.63, 3.8) is 0 Å². The molecule has 0 aromatic carbocycles. The molecule has 2 saturated carbocycles. The fraction of sp³-hybridized carbons (Fsp3) is 0.733.